The molecule has 2 aromatic carbocycles. The molecular weight excluding hydrogens is 286 g/mol. The van der Waals surface area contributed by atoms with Crippen LogP contribution in [0.25, 0.3) is 10.9 Å². The fraction of sp³-hybridized carbons (Fsp3) is 0. The van der Waals surface area contributed by atoms with Gasteiger partial charge in [-0.05, 0) is 36.4 Å². The van der Waals surface area contributed by atoms with E-state index in [-0.39, 0.29) is 5.84 Å². The van der Waals surface area contributed by atoms with Gasteiger partial charge in [0.1, 0.15) is 17.3 Å². The minimum Gasteiger partial charge on any atom is -0.456 e. The van der Waals surface area contributed by atoms with Crippen molar-refractivity contribution in [2.45, 2.75) is 0 Å². The maximum Gasteiger partial charge on any atom is 0.139 e. The summed E-state index contributed by atoms with van der Waals surface area (Å²) in [5.41, 5.74) is 6.81. The van der Waals surface area contributed by atoms with Gasteiger partial charge in [0.05, 0.1) is 16.1 Å². The number of nitrogens with zero attached hydrogens (tertiary/aromatic N) is 1. The Morgan fingerprint density at radius 2 is 1.81 bits per heavy atom. The SMILES string of the molecule is N=C(N)c1c(Cl)cccc1Oc1cccc2ncccc12. The third-order valence-electron chi connectivity index (χ3n) is 3.07. The first-order valence-corrected chi connectivity index (χ1v) is 6.69. The van der Waals surface area contributed by atoms with Crippen LogP contribution in [-0.4, -0.2) is 10.8 Å². The average Bonchev–Trinajstić information content (AvgIpc) is 2.47. The number of nitrogens with two attached hydrogens (primary N) is 1. The van der Waals surface area contributed by atoms with Crippen molar-refractivity contribution in [3.8, 4) is 11.5 Å². The third kappa shape index (κ3) is 2.53. The molecule has 4 nitrogen and oxygen atoms in total. The molecule has 0 unspecified atom stereocenters. The van der Waals surface area contributed by atoms with Gasteiger partial charge in [0.2, 0.25) is 0 Å². The molecule has 3 rings (SSSR count). The van der Waals surface area contributed by atoms with Crippen LogP contribution in [0.4, 0.5) is 0 Å². The van der Waals surface area contributed by atoms with Gasteiger partial charge in [-0.25, -0.2) is 0 Å². The van der Waals surface area contributed by atoms with Crippen molar-refractivity contribution in [2.75, 3.05) is 0 Å². The fourth-order valence-electron chi connectivity index (χ4n) is 2.13. The molecule has 21 heavy (non-hydrogen) atoms. The molecule has 1 heterocycles. The van der Waals surface area contributed by atoms with Gasteiger partial charge in [0.25, 0.3) is 0 Å². The van der Waals surface area contributed by atoms with Crippen LogP contribution in [0.15, 0.2) is 54.7 Å². The van der Waals surface area contributed by atoms with Crippen molar-refractivity contribution < 1.29 is 4.74 Å². The highest BCUT2D eigenvalue weighted by Crippen LogP contribution is 2.33. The van der Waals surface area contributed by atoms with E-state index < -0.39 is 0 Å². The summed E-state index contributed by atoms with van der Waals surface area (Å²) in [6, 6.07) is 14.6. The average molecular weight is 298 g/mol. The second-order valence-corrected chi connectivity index (χ2v) is 4.86. The molecule has 0 saturated carbocycles. The van der Waals surface area contributed by atoms with Crippen LogP contribution < -0.4 is 10.5 Å². The van der Waals surface area contributed by atoms with E-state index in [1.54, 1.807) is 24.4 Å². The number of nitrogen functional groups attached to an aromatic ring is 1. The third-order valence-corrected chi connectivity index (χ3v) is 3.39. The van der Waals surface area contributed by atoms with Crippen LogP contribution in [0.5, 0.6) is 11.5 Å². The Kier molecular flexibility index (Phi) is 3.46. The molecule has 0 aliphatic carbocycles. The van der Waals surface area contributed by atoms with E-state index in [1.165, 1.54) is 0 Å². The number of pyridine rings is 1. The molecule has 0 bridgehead atoms. The lowest BCUT2D eigenvalue weighted by atomic mass is 10.1. The lowest BCUT2D eigenvalue weighted by Crippen LogP contribution is -2.13. The number of fused-ring (bicyclic) bond motifs is 1. The maximum atomic E-state index is 7.65. The number of benzene rings is 2. The molecule has 3 N–H and O–H groups in total. The predicted molar refractivity (Wildman–Crippen MR) is 84.3 cm³/mol. The van der Waals surface area contributed by atoms with Crippen molar-refractivity contribution in [2.24, 2.45) is 5.73 Å². The van der Waals surface area contributed by atoms with Crippen molar-refractivity contribution >= 4 is 28.3 Å². The molecule has 104 valence electrons. The number of rotatable bonds is 3. The van der Waals surface area contributed by atoms with E-state index in [2.05, 4.69) is 4.98 Å². The molecule has 1 aromatic heterocycles. The van der Waals surface area contributed by atoms with Crippen molar-refractivity contribution in [3.63, 3.8) is 0 Å². The Balaban J connectivity index is 2.12. The van der Waals surface area contributed by atoms with E-state index in [0.717, 1.165) is 10.9 Å². The van der Waals surface area contributed by atoms with Crippen molar-refractivity contribution in [1.82, 2.24) is 4.98 Å². The van der Waals surface area contributed by atoms with Crippen LogP contribution in [-0.2, 0) is 0 Å². The highest BCUT2D eigenvalue weighted by atomic mass is 35.5. The number of ether oxygens (including phenoxy) is 1. The largest absolute Gasteiger partial charge is 0.456 e. The standard InChI is InChI=1S/C16H12ClN3O/c17-11-5-1-8-14(15(11)16(18)19)21-13-7-2-6-12-10(13)4-3-9-20-12/h1-9H,(H3,18,19). The van der Waals surface area contributed by atoms with Gasteiger partial charge in [-0.3, -0.25) is 10.4 Å². The molecule has 0 saturated heterocycles. The Labute approximate surface area is 126 Å². The molecule has 0 aliphatic heterocycles. The first-order chi connectivity index (χ1) is 10.2. The molecule has 0 fully saturated rings. The molecule has 0 amide bonds. The topological polar surface area (TPSA) is 72.0 Å². The van der Waals surface area contributed by atoms with Crippen LogP contribution in [0.3, 0.4) is 0 Å². The van der Waals surface area contributed by atoms with Crippen LogP contribution in [0.2, 0.25) is 5.02 Å². The number of nitrogens with one attached hydrogen (secondary N) is 1. The molecular formula is C16H12ClN3O. The summed E-state index contributed by atoms with van der Waals surface area (Å²) in [6.45, 7) is 0. The summed E-state index contributed by atoms with van der Waals surface area (Å²) in [5, 5.41) is 8.92. The number of halogens is 1. The first-order valence-electron chi connectivity index (χ1n) is 6.31. The number of hydrogen-bond donors (Lipinski definition) is 2. The molecule has 0 atom stereocenters. The number of aromatic nitrogens is 1. The van der Waals surface area contributed by atoms with E-state index in [9.17, 15) is 0 Å². The predicted octanol–water partition coefficient (Wildman–Crippen LogP) is 3.96. The molecule has 3 aromatic rings. The summed E-state index contributed by atoms with van der Waals surface area (Å²) in [6.07, 6.45) is 1.73. The smallest absolute Gasteiger partial charge is 0.139 e. The van der Waals surface area contributed by atoms with Gasteiger partial charge in [-0.15, -0.1) is 0 Å². The second kappa shape index (κ2) is 5.42. The molecule has 0 spiro atoms. The number of amidine groups is 1. The first kappa shape index (κ1) is 13.4. The van der Waals surface area contributed by atoms with Gasteiger partial charge < -0.3 is 10.5 Å². The van der Waals surface area contributed by atoms with Gasteiger partial charge >= 0.3 is 0 Å². The maximum absolute atomic E-state index is 7.65. The van der Waals surface area contributed by atoms with E-state index in [4.69, 9.17) is 27.5 Å². The van der Waals surface area contributed by atoms with Crippen LogP contribution >= 0.6 is 11.6 Å². The minimum absolute atomic E-state index is 0.131. The molecule has 0 radical (unpaired) electrons. The zero-order valence-corrected chi connectivity index (χ0v) is 11.8. The Bertz CT molecular complexity index is 827. The van der Waals surface area contributed by atoms with E-state index in [0.29, 0.717) is 22.1 Å². The Morgan fingerprint density at radius 3 is 2.62 bits per heavy atom. The lowest BCUT2D eigenvalue weighted by molar-refractivity contribution is 0.487. The summed E-state index contributed by atoms with van der Waals surface area (Å²) >= 11 is 6.10. The zero-order valence-electron chi connectivity index (χ0n) is 11.0. The van der Waals surface area contributed by atoms with Crippen molar-refractivity contribution in [3.05, 3.63) is 65.3 Å². The number of hydrogen-bond acceptors (Lipinski definition) is 3. The summed E-state index contributed by atoms with van der Waals surface area (Å²) < 4.78 is 5.92. The highest BCUT2D eigenvalue weighted by Gasteiger charge is 2.13. The zero-order chi connectivity index (χ0) is 14.8. The van der Waals surface area contributed by atoms with Gasteiger partial charge in [-0.1, -0.05) is 23.7 Å². The monoisotopic (exact) mass is 297 g/mol. The van der Waals surface area contributed by atoms with Crippen LogP contribution in [0, 0.1) is 5.41 Å². The van der Waals surface area contributed by atoms with Gasteiger partial charge in [-0.2, -0.15) is 0 Å². The normalized spacial score (nSPS) is 10.5. The second-order valence-electron chi connectivity index (χ2n) is 4.45. The Hall–Kier alpha value is -2.59. The van der Waals surface area contributed by atoms with E-state index >= 15 is 0 Å². The molecule has 0 aliphatic rings. The van der Waals surface area contributed by atoms with Gasteiger partial charge in [0, 0.05) is 11.6 Å². The Morgan fingerprint density at radius 1 is 1.05 bits per heavy atom. The fourth-order valence-corrected chi connectivity index (χ4v) is 2.40. The lowest BCUT2D eigenvalue weighted by Gasteiger charge is -2.13. The van der Waals surface area contributed by atoms with E-state index in [1.807, 2.05) is 30.3 Å². The highest BCUT2D eigenvalue weighted by molar-refractivity contribution is 6.34. The van der Waals surface area contributed by atoms with Crippen LogP contribution in [0.1, 0.15) is 5.56 Å². The summed E-state index contributed by atoms with van der Waals surface area (Å²) in [7, 11) is 0. The van der Waals surface area contributed by atoms with Crippen molar-refractivity contribution in [1.29, 1.82) is 5.41 Å². The summed E-state index contributed by atoms with van der Waals surface area (Å²) in [5.74, 6) is 0.964. The quantitative estimate of drug-likeness (QED) is 0.567. The molecule has 5 heteroatoms. The minimum atomic E-state index is -0.131. The summed E-state index contributed by atoms with van der Waals surface area (Å²) in [4.78, 5) is 4.29. The van der Waals surface area contributed by atoms with Gasteiger partial charge in [0.15, 0.2) is 0 Å².